The number of allylic oxidation sites excluding steroid dienone is 1. The number of nitrogen functional groups attached to an aromatic ring is 1. The van der Waals surface area contributed by atoms with Crippen molar-refractivity contribution in [3.05, 3.63) is 131 Å². The molecular formula is C54H65FN8O6S. The number of sulfonamides is 1. The first-order chi connectivity index (χ1) is 33.6. The van der Waals surface area contributed by atoms with Gasteiger partial charge < -0.3 is 30.5 Å². The highest BCUT2D eigenvalue weighted by molar-refractivity contribution is 7.90. The Bertz CT molecular complexity index is 2820. The Morgan fingerprint density at radius 1 is 0.943 bits per heavy atom. The van der Waals surface area contributed by atoms with Crippen molar-refractivity contribution in [2.45, 2.75) is 101 Å². The van der Waals surface area contributed by atoms with E-state index in [9.17, 15) is 22.7 Å². The lowest BCUT2D eigenvalue weighted by molar-refractivity contribution is 0.00975. The number of piperazine rings is 1. The number of nitrogens with zero attached hydrogens (tertiary/aromatic N) is 5. The van der Waals surface area contributed by atoms with Crippen molar-refractivity contribution >= 4 is 38.9 Å². The molecule has 70 heavy (non-hydrogen) atoms. The van der Waals surface area contributed by atoms with Crippen molar-refractivity contribution in [1.82, 2.24) is 24.5 Å². The van der Waals surface area contributed by atoms with Crippen LogP contribution in [0.5, 0.6) is 17.2 Å². The van der Waals surface area contributed by atoms with Gasteiger partial charge in [0.25, 0.3) is 15.9 Å². The quantitative estimate of drug-likeness (QED) is 0.0784. The molecule has 4 heterocycles. The van der Waals surface area contributed by atoms with Gasteiger partial charge in [-0.15, -0.1) is 0 Å². The summed E-state index contributed by atoms with van der Waals surface area (Å²) in [5.41, 5.74) is 11.4. The molecule has 4 aliphatic rings. The Morgan fingerprint density at radius 3 is 2.43 bits per heavy atom. The number of carbonyl (C=O) groups is 1. The van der Waals surface area contributed by atoms with E-state index in [1.807, 2.05) is 25.1 Å². The van der Waals surface area contributed by atoms with Gasteiger partial charge in [0, 0.05) is 87.8 Å². The highest BCUT2D eigenvalue weighted by atomic mass is 32.2. The van der Waals surface area contributed by atoms with Crippen molar-refractivity contribution in [2.24, 2.45) is 5.92 Å². The summed E-state index contributed by atoms with van der Waals surface area (Å²) in [5.74, 6) is 0.857. The van der Waals surface area contributed by atoms with Crippen molar-refractivity contribution < 1.29 is 32.2 Å². The third-order valence-electron chi connectivity index (χ3n) is 14.6. The average Bonchev–Trinajstić information content (AvgIpc) is 3.73. The molecule has 5 aromatic rings. The number of anilines is 3. The number of fused-ring (bicyclic) bond motifs is 1. The number of rotatable bonds is 15. The second kappa shape index (κ2) is 20.7. The molecule has 1 saturated carbocycles. The Morgan fingerprint density at radius 2 is 1.70 bits per heavy atom. The number of piperidine rings is 1. The minimum absolute atomic E-state index is 0.0384. The van der Waals surface area contributed by atoms with Crippen molar-refractivity contribution in [3.8, 4) is 17.2 Å². The SMILES string of the molecule is COc1ccc(CN2CCN(C3CCN(c4ccc(C(=O)NS(=O)(=O)c5cnc(NC[C@H]6CC[C@](C)(O)CC6)c(N)c5)c(Oc5cnc6c(c5)C(F)=CC6)c4)CC3)C(c3ccccc3C(C)C)C2)cc1. The number of benzene rings is 3. The van der Waals surface area contributed by atoms with E-state index in [0.717, 1.165) is 82.6 Å². The molecule has 2 aliphatic carbocycles. The molecule has 2 aromatic heterocycles. The highest BCUT2D eigenvalue weighted by Gasteiger charge is 2.37. The number of nitrogens with one attached hydrogen (secondary N) is 2. The monoisotopic (exact) mass is 972 g/mol. The molecule has 3 fully saturated rings. The normalized spacial score (nSPS) is 21.3. The summed E-state index contributed by atoms with van der Waals surface area (Å²) in [6, 6.07) is 25.7. The molecule has 2 aliphatic heterocycles. The molecule has 16 heteroatoms. The largest absolute Gasteiger partial charge is 0.497 e. The summed E-state index contributed by atoms with van der Waals surface area (Å²) < 4.78 is 56.2. The van der Waals surface area contributed by atoms with E-state index in [1.165, 1.54) is 35.0 Å². The number of aromatic nitrogens is 2. The van der Waals surface area contributed by atoms with Gasteiger partial charge in [0.2, 0.25) is 0 Å². The van der Waals surface area contributed by atoms with Crippen molar-refractivity contribution in [2.75, 3.05) is 62.3 Å². The summed E-state index contributed by atoms with van der Waals surface area (Å²) in [6.07, 6.45) is 9.38. The Hall–Kier alpha value is -6.07. The number of nitrogens with two attached hydrogens (primary N) is 1. The summed E-state index contributed by atoms with van der Waals surface area (Å²) in [4.78, 5) is 30.0. The smallest absolute Gasteiger partial charge is 0.268 e. The fourth-order valence-electron chi connectivity index (χ4n) is 10.5. The number of hydrogen-bond donors (Lipinski definition) is 4. The number of carbonyl (C=O) groups excluding carboxylic acids is 1. The summed E-state index contributed by atoms with van der Waals surface area (Å²) >= 11 is 0. The number of methoxy groups -OCH3 is 1. The van der Waals surface area contributed by atoms with Crippen LogP contribution in [-0.2, 0) is 23.0 Å². The molecule has 14 nitrogen and oxygen atoms in total. The van der Waals surface area contributed by atoms with Gasteiger partial charge in [-0.1, -0.05) is 50.2 Å². The van der Waals surface area contributed by atoms with E-state index in [-0.39, 0.29) is 33.7 Å². The van der Waals surface area contributed by atoms with E-state index in [0.29, 0.717) is 60.8 Å². The van der Waals surface area contributed by atoms with Crippen LogP contribution in [0, 0.1) is 5.92 Å². The predicted octanol–water partition coefficient (Wildman–Crippen LogP) is 8.85. The van der Waals surface area contributed by atoms with Crippen LogP contribution in [0.25, 0.3) is 5.83 Å². The fraction of sp³-hybridized carbons (Fsp3) is 0.426. The van der Waals surface area contributed by atoms with Gasteiger partial charge in [-0.3, -0.25) is 19.6 Å². The zero-order valence-corrected chi connectivity index (χ0v) is 41.4. The Labute approximate surface area is 411 Å². The summed E-state index contributed by atoms with van der Waals surface area (Å²) in [7, 11) is -2.76. The van der Waals surface area contributed by atoms with Gasteiger partial charge in [-0.25, -0.2) is 22.5 Å². The Kier molecular flexibility index (Phi) is 14.5. The molecule has 0 radical (unpaired) electrons. The number of aliphatic hydroxyl groups is 1. The number of pyridine rings is 2. The molecule has 5 N–H and O–H groups in total. The van der Waals surface area contributed by atoms with Gasteiger partial charge in [-0.05, 0) is 116 Å². The summed E-state index contributed by atoms with van der Waals surface area (Å²) in [5, 5.41) is 13.5. The molecule has 2 saturated heterocycles. The van der Waals surface area contributed by atoms with Gasteiger partial charge in [0.15, 0.2) is 0 Å². The van der Waals surface area contributed by atoms with E-state index >= 15 is 0 Å². The van der Waals surface area contributed by atoms with Gasteiger partial charge >= 0.3 is 0 Å². The van der Waals surface area contributed by atoms with Crippen LogP contribution in [0.2, 0.25) is 0 Å². The topological polar surface area (TPSA) is 175 Å². The number of amides is 1. The molecule has 1 amide bonds. The van der Waals surface area contributed by atoms with E-state index in [1.54, 1.807) is 25.3 Å². The lowest BCUT2D eigenvalue weighted by Crippen LogP contribution is -2.54. The molecule has 9 rings (SSSR count). The first-order valence-electron chi connectivity index (χ1n) is 24.5. The first kappa shape index (κ1) is 48.9. The van der Waals surface area contributed by atoms with Gasteiger partial charge in [0.1, 0.15) is 33.8 Å². The molecular weight excluding hydrogens is 908 g/mol. The van der Waals surface area contributed by atoms with Crippen LogP contribution in [0.3, 0.4) is 0 Å². The Balaban J connectivity index is 0.917. The molecule has 0 spiro atoms. The van der Waals surface area contributed by atoms with Crippen LogP contribution in [0.4, 0.5) is 21.6 Å². The highest BCUT2D eigenvalue weighted by Crippen LogP contribution is 2.39. The molecule has 0 bridgehead atoms. The maximum Gasteiger partial charge on any atom is 0.268 e. The molecule has 1 atom stereocenters. The maximum absolute atomic E-state index is 14.8. The number of halogens is 1. The lowest BCUT2D eigenvalue weighted by Gasteiger charge is -2.48. The zero-order valence-electron chi connectivity index (χ0n) is 40.5. The van der Waals surface area contributed by atoms with Crippen LogP contribution < -0.4 is 30.1 Å². The number of ether oxygens (including phenoxy) is 2. The third kappa shape index (κ3) is 11.1. The van der Waals surface area contributed by atoms with Crippen LogP contribution in [0.1, 0.15) is 110 Å². The third-order valence-corrected chi connectivity index (χ3v) is 15.9. The summed E-state index contributed by atoms with van der Waals surface area (Å²) in [6.45, 7) is 12.1. The minimum atomic E-state index is -4.45. The van der Waals surface area contributed by atoms with Crippen molar-refractivity contribution in [1.29, 1.82) is 0 Å². The van der Waals surface area contributed by atoms with Gasteiger partial charge in [-0.2, -0.15) is 0 Å². The lowest BCUT2D eigenvalue weighted by atomic mass is 9.80. The second-order valence-corrected chi connectivity index (χ2v) is 21.6. The molecule has 370 valence electrons. The van der Waals surface area contributed by atoms with E-state index in [2.05, 4.69) is 85.0 Å². The predicted molar refractivity (Wildman–Crippen MR) is 271 cm³/mol. The molecule has 1 unspecified atom stereocenters. The fourth-order valence-corrected chi connectivity index (χ4v) is 11.5. The van der Waals surface area contributed by atoms with E-state index < -0.39 is 27.4 Å². The van der Waals surface area contributed by atoms with Crippen LogP contribution >= 0.6 is 0 Å². The number of hydrogen-bond acceptors (Lipinski definition) is 13. The second-order valence-electron chi connectivity index (χ2n) is 19.9. The molecule has 3 aromatic carbocycles. The van der Waals surface area contributed by atoms with Crippen LogP contribution in [-0.4, -0.2) is 97.2 Å². The minimum Gasteiger partial charge on any atom is -0.497 e. The maximum atomic E-state index is 14.8. The standard InChI is InChI=1S/C54H65FN8O6S/c1-35(2)43-7-5-6-8-44(43)50-34-61(33-37-9-12-40(68-4)13-10-37)25-26-63(50)38-19-23-62(24-20-38)39-11-14-45(51(27-39)69-41-28-46-47(55)15-16-49(46)57-31-41)53(64)60-70(66,67)42-29-48(56)52(59-32-42)58-30-36-17-21-54(3,65)22-18-36/h5-15,27-29,31-32,35-36,38,50,65H,16-26,30,33-34,56H2,1-4H3,(H,58,59)(H,60,64)/t36-,50?,54-. The zero-order chi connectivity index (χ0) is 49.2. The van der Waals surface area contributed by atoms with Gasteiger partial charge in [0.05, 0.1) is 35.9 Å². The average molecular weight is 973 g/mol. The first-order valence-corrected chi connectivity index (χ1v) is 26.0. The van der Waals surface area contributed by atoms with Crippen LogP contribution in [0.15, 0.2) is 102 Å². The van der Waals surface area contributed by atoms with Crippen molar-refractivity contribution in [3.63, 3.8) is 0 Å². The van der Waals surface area contributed by atoms with E-state index in [4.69, 9.17) is 15.2 Å².